The zero-order chi connectivity index (χ0) is 27.1. The van der Waals surface area contributed by atoms with E-state index in [1.54, 1.807) is 38.1 Å². The molecule has 0 heterocycles. The SMILES string of the molecule is CCN(CC)C(=S)NN=C(C)c1ccccc1[O-].CCN(CC)C(=S)NN=C(C)c1ccccc1[O-].[Cu+2].[Cu+2]. The molecule has 0 saturated carbocycles. The van der Waals surface area contributed by atoms with Crippen molar-refractivity contribution in [3.8, 4) is 11.5 Å². The third-order valence-corrected chi connectivity index (χ3v) is 5.99. The molecule has 0 aliphatic rings. The van der Waals surface area contributed by atoms with Crippen LogP contribution in [0.5, 0.6) is 11.5 Å². The minimum atomic E-state index is -0.0330. The fourth-order valence-electron chi connectivity index (χ4n) is 3.08. The molecule has 0 unspecified atom stereocenters. The molecule has 0 aromatic heterocycles. The van der Waals surface area contributed by atoms with E-state index >= 15 is 0 Å². The molecule has 38 heavy (non-hydrogen) atoms. The van der Waals surface area contributed by atoms with Crippen LogP contribution < -0.4 is 21.1 Å². The van der Waals surface area contributed by atoms with Gasteiger partial charge >= 0.3 is 34.1 Å². The maximum absolute atomic E-state index is 11.6. The summed E-state index contributed by atoms with van der Waals surface area (Å²) in [5.41, 5.74) is 8.08. The number of nitrogens with one attached hydrogen (secondary N) is 2. The summed E-state index contributed by atoms with van der Waals surface area (Å²) >= 11 is 10.4. The molecule has 8 nitrogen and oxygen atoms in total. The van der Waals surface area contributed by atoms with Crippen molar-refractivity contribution in [2.75, 3.05) is 26.2 Å². The van der Waals surface area contributed by atoms with E-state index in [1.165, 1.54) is 12.1 Å². The Balaban J connectivity index is 0. The predicted octanol–water partition coefficient (Wildman–Crippen LogP) is 3.40. The summed E-state index contributed by atoms with van der Waals surface area (Å²) < 4.78 is 0. The van der Waals surface area contributed by atoms with Crippen LogP contribution >= 0.6 is 24.4 Å². The molecule has 0 aliphatic heterocycles. The van der Waals surface area contributed by atoms with Crippen molar-refractivity contribution in [3.05, 3.63) is 59.7 Å². The normalized spacial score (nSPS) is 10.6. The van der Waals surface area contributed by atoms with Gasteiger partial charge in [0.25, 0.3) is 0 Å². The smallest absolute Gasteiger partial charge is 0.872 e. The Morgan fingerprint density at radius 3 is 1.21 bits per heavy atom. The molecule has 2 radical (unpaired) electrons. The van der Waals surface area contributed by atoms with Crippen molar-refractivity contribution in [2.24, 2.45) is 10.2 Å². The molecule has 214 valence electrons. The molecule has 2 rings (SSSR count). The summed E-state index contributed by atoms with van der Waals surface area (Å²) in [6.45, 7) is 15.0. The van der Waals surface area contributed by atoms with E-state index in [-0.39, 0.29) is 45.6 Å². The van der Waals surface area contributed by atoms with Crippen LogP contribution in [-0.4, -0.2) is 57.6 Å². The first-order valence-electron chi connectivity index (χ1n) is 11.9. The zero-order valence-electron chi connectivity index (χ0n) is 22.5. The Bertz CT molecular complexity index is 978. The topological polar surface area (TPSA) is 101 Å². The van der Waals surface area contributed by atoms with Crippen molar-refractivity contribution in [2.45, 2.75) is 41.5 Å². The van der Waals surface area contributed by atoms with Gasteiger partial charge < -0.3 is 20.0 Å². The van der Waals surface area contributed by atoms with Gasteiger partial charge in [-0.3, -0.25) is 10.9 Å². The molecular weight excluding hydrogens is 620 g/mol. The summed E-state index contributed by atoms with van der Waals surface area (Å²) in [6, 6.07) is 13.6. The Labute approximate surface area is 258 Å². The summed E-state index contributed by atoms with van der Waals surface area (Å²) in [6.07, 6.45) is 0. The molecule has 0 atom stereocenters. The van der Waals surface area contributed by atoms with E-state index in [2.05, 4.69) is 21.1 Å². The molecule has 0 spiro atoms. The first-order chi connectivity index (χ1) is 17.2. The van der Waals surface area contributed by atoms with E-state index in [0.29, 0.717) is 32.8 Å². The molecule has 0 amide bonds. The molecule has 12 heteroatoms. The fraction of sp³-hybridized carbons (Fsp3) is 0.385. The van der Waals surface area contributed by atoms with Crippen molar-refractivity contribution in [1.29, 1.82) is 0 Å². The molecule has 0 aliphatic carbocycles. The Hall–Kier alpha value is -2.20. The quantitative estimate of drug-likeness (QED) is 0.193. The average molecular weight is 656 g/mol. The van der Waals surface area contributed by atoms with E-state index in [9.17, 15) is 10.2 Å². The monoisotopic (exact) mass is 654 g/mol. The van der Waals surface area contributed by atoms with Crippen LogP contribution in [0.3, 0.4) is 0 Å². The molecule has 2 aromatic rings. The number of rotatable bonds is 8. The van der Waals surface area contributed by atoms with Gasteiger partial charge in [0, 0.05) is 26.2 Å². The van der Waals surface area contributed by atoms with E-state index in [4.69, 9.17) is 24.4 Å². The van der Waals surface area contributed by atoms with E-state index in [1.807, 2.05) is 49.6 Å². The summed E-state index contributed by atoms with van der Waals surface area (Å²) in [5.74, 6) is -0.0661. The molecule has 0 saturated heterocycles. The Kier molecular flexibility index (Phi) is 20.7. The third kappa shape index (κ3) is 12.6. The molecule has 0 bridgehead atoms. The zero-order valence-corrected chi connectivity index (χ0v) is 26.0. The average Bonchev–Trinajstić information content (AvgIpc) is 2.88. The number of hydrogen-bond acceptors (Lipinski definition) is 6. The van der Waals surface area contributed by atoms with Crippen LogP contribution in [0.4, 0.5) is 0 Å². The molecule has 2 aromatic carbocycles. The van der Waals surface area contributed by atoms with E-state index < -0.39 is 0 Å². The second-order valence-corrected chi connectivity index (χ2v) is 8.34. The van der Waals surface area contributed by atoms with E-state index in [0.717, 1.165) is 26.2 Å². The number of nitrogens with zero attached hydrogens (tertiary/aromatic N) is 4. The number of hydrazone groups is 2. The van der Waals surface area contributed by atoms with Crippen LogP contribution in [0.15, 0.2) is 58.7 Å². The first-order valence-corrected chi connectivity index (χ1v) is 12.7. The van der Waals surface area contributed by atoms with Crippen molar-refractivity contribution < 1.29 is 44.4 Å². The number of para-hydroxylation sites is 2. The van der Waals surface area contributed by atoms with Crippen molar-refractivity contribution >= 4 is 46.1 Å². The van der Waals surface area contributed by atoms with Gasteiger partial charge in [-0.25, -0.2) is 0 Å². The van der Waals surface area contributed by atoms with Gasteiger partial charge in [-0.15, -0.1) is 0 Å². The maximum atomic E-state index is 11.6. The van der Waals surface area contributed by atoms with Crippen LogP contribution in [-0.2, 0) is 34.1 Å². The maximum Gasteiger partial charge on any atom is 2.00 e. The van der Waals surface area contributed by atoms with Gasteiger partial charge in [-0.05, 0) is 77.1 Å². The Morgan fingerprint density at radius 1 is 0.658 bits per heavy atom. The summed E-state index contributed by atoms with van der Waals surface area (Å²) in [7, 11) is 0. The van der Waals surface area contributed by atoms with Gasteiger partial charge in [0.1, 0.15) is 0 Å². The van der Waals surface area contributed by atoms with Crippen molar-refractivity contribution in [1.82, 2.24) is 20.7 Å². The van der Waals surface area contributed by atoms with Crippen LogP contribution in [0.1, 0.15) is 52.7 Å². The van der Waals surface area contributed by atoms with Crippen molar-refractivity contribution in [3.63, 3.8) is 0 Å². The number of hydrogen-bond donors (Lipinski definition) is 2. The van der Waals surface area contributed by atoms with Gasteiger partial charge in [0.05, 0.1) is 11.4 Å². The van der Waals surface area contributed by atoms with Gasteiger partial charge in [0.15, 0.2) is 10.2 Å². The number of thiocarbonyl (C=S) groups is 2. The number of benzene rings is 2. The van der Waals surface area contributed by atoms with Crippen LogP contribution in [0.25, 0.3) is 0 Å². The summed E-state index contributed by atoms with van der Waals surface area (Å²) in [4.78, 5) is 3.96. The minimum Gasteiger partial charge on any atom is -0.872 e. The minimum absolute atomic E-state index is 0. The first kappa shape index (κ1) is 37.9. The largest absolute Gasteiger partial charge is 2.00 e. The predicted molar refractivity (Wildman–Crippen MR) is 154 cm³/mol. The van der Waals surface area contributed by atoms with Gasteiger partial charge in [-0.2, -0.15) is 10.2 Å². The molecular formula is C26H36Cu2N6O2S2+2. The van der Waals surface area contributed by atoms with Crippen LogP contribution in [0, 0.1) is 0 Å². The third-order valence-electron chi connectivity index (χ3n) is 5.29. The summed E-state index contributed by atoms with van der Waals surface area (Å²) in [5, 5.41) is 32.7. The standard InChI is InChI=1S/2C13H19N3OS.2Cu/c2*1-4-16(5-2)13(18)15-14-10(3)11-8-6-7-9-12(11)17;;/h2*6-9,17H,4-5H2,1-3H3,(H,15,18);;/q;;2*+2/p-2. The van der Waals surface area contributed by atoms with Crippen LogP contribution in [0.2, 0.25) is 0 Å². The fourth-order valence-corrected chi connectivity index (χ4v) is 3.69. The van der Waals surface area contributed by atoms with Gasteiger partial charge in [-0.1, -0.05) is 60.0 Å². The molecule has 0 fully saturated rings. The molecule has 2 N–H and O–H groups in total. The van der Waals surface area contributed by atoms with Gasteiger partial charge in [0.2, 0.25) is 0 Å². The second kappa shape index (κ2) is 20.7. The Morgan fingerprint density at radius 2 is 0.947 bits per heavy atom. The second-order valence-electron chi connectivity index (χ2n) is 7.57.